The molecule has 6 nitrogen and oxygen atoms in total. The molecule has 6 heteroatoms. The molecule has 0 unspecified atom stereocenters. The van der Waals surface area contributed by atoms with Crippen molar-refractivity contribution in [1.29, 1.82) is 0 Å². The Bertz CT molecular complexity index is 1160. The van der Waals surface area contributed by atoms with E-state index in [-0.39, 0.29) is 5.69 Å². The molecule has 0 aliphatic carbocycles. The maximum atomic E-state index is 10.7. The average Bonchev–Trinajstić information content (AvgIpc) is 3.01. The van der Waals surface area contributed by atoms with Gasteiger partial charge in [-0.2, -0.15) is 5.10 Å². The molecule has 0 fully saturated rings. The third-order valence-electron chi connectivity index (χ3n) is 4.60. The third kappa shape index (κ3) is 3.13. The molecule has 0 radical (unpaired) electrons. The molecule has 0 aliphatic heterocycles. The number of rotatable bonds is 5. The number of aromatic nitrogens is 1. The lowest BCUT2D eigenvalue weighted by Crippen LogP contribution is -1.93. The summed E-state index contributed by atoms with van der Waals surface area (Å²) in [5, 5.41) is 17.4. The summed E-state index contributed by atoms with van der Waals surface area (Å²) in [5.41, 5.74) is 7.07. The van der Waals surface area contributed by atoms with Gasteiger partial charge in [-0.05, 0) is 42.8 Å². The molecule has 0 bridgehead atoms. The summed E-state index contributed by atoms with van der Waals surface area (Å²) in [4.78, 5) is 10.3. The zero-order valence-corrected chi connectivity index (χ0v) is 14.8. The summed E-state index contributed by atoms with van der Waals surface area (Å²) in [6, 6.07) is 20.8. The minimum Gasteiger partial charge on any atom is -0.341 e. The van der Waals surface area contributed by atoms with E-state index in [0.29, 0.717) is 5.69 Å². The lowest BCUT2D eigenvalue weighted by Gasteiger charge is -2.03. The van der Waals surface area contributed by atoms with Crippen LogP contribution in [0.25, 0.3) is 21.8 Å². The van der Waals surface area contributed by atoms with Gasteiger partial charge < -0.3 is 4.57 Å². The molecule has 1 N–H and O–H groups in total. The number of benzene rings is 3. The van der Waals surface area contributed by atoms with E-state index < -0.39 is 4.92 Å². The van der Waals surface area contributed by atoms with Crippen LogP contribution in [0.15, 0.2) is 71.8 Å². The normalized spacial score (nSPS) is 11.4. The fraction of sp³-hybridized carbons (Fsp3) is 0.0952. The van der Waals surface area contributed by atoms with Crippen LogP contribution >= 0.6 is 0 Å². The van der Waals surface area contributed by atoms with Crippen molar-refractivity contribution in [3.8, 4) is 0 Å². The quantitative estimate of drug-likeness (QED) is 0.304. The highest BCUT2D eigenvalue weighted by Gasteiger charge is 2.09. The average molecular weight is 358 g/mol. The van der Waals surface area contributed by atoms with Gasteiger partial charge in [-0.15, -0.1) is 0 Å². The number of anilines is 1. The van der Waals surface area contributed by atoms with Crippen molar-refractivity contribution in [2.24, 2.45) is 5.10 Å². The Hall–Kier alpha value is -3.67. The molecule has 0 atom stereocenters. The Kier molecular flexibility index (Phi) is 4.30. The molecule has 0 saturated carbocycles. The van der Waals surface area contributed by atoms with Crippen LogP contribution in [0.4, 0.5) is 11.4 Å². The largest absolute Gasteiger partial charge is 0.341 e. The van der Waals surface area contributed by atoms with Crippen molar-refractivity contribution >= 4 is 39.4 Å². The van der Waals surface area contributed by atoms with E-state index in [2.05, 4.69) is 58.4 Å². The molecule has 0 spiro atoms. The Morgan fingerprint density at radius 2 is 1.78 bits per heavy atom. The Morgan fingerprint density at radius 1 is 1.04 bits per heavy atom. The van der Waals surface area contributed by atoms with Gasteiger partial charge in [0.05, 0.1) is 16.8 Å². The Balaban J connectivity index is 1.61. The summed E-state index contributed by atoms with van der Waals surface area (Å²) in [5.74, 6) is 0. The van der Waals surface area contributed by atoms with Gasteiger partial charge >= 0.3 is 0 Å². The number of nitro benzene ring substituents is 1. The van der Waals surface area contributed by atoms with Crippen LogP contribution in [-0.2, 0) is 6.54 Å². The van der Waals surface area contributed by atoms with Gasteiger partial charge in [0.15, 0.2) is 0 Å². The minimum absolute atomic E-state index is 0.0577. The maximum absolute atomic E-state index is 10.7. The number of hydrogen-bond donors (Lipinski definition) is 1. The zero-order valence-electron chi connectivity index (χ0n) is 14.8. The predicted molar refractivity (Wildman–Crippen MR) is 109 cm³/mol. The number of hydrogen-bond acceptors (Lipinski definition) is 4. The number of nitrogens with one attached hydrogen (secondary N) is 1. The highest BCUT2D eigenvalue weighted by atomic mass is 16.6. The second-order valence-corrected chi connectivity index (χ2v) is 6.21. The lowest BCUT2D eigenvalue weighted by molar-refractivity contribution is -0.384. The fourth-order valence-electron chi connectivity index (χ4n) is 3.33. The first-order chi connectivity index (χ1) is 13.2. The predicted octanol–water partition coefficient (Wildman–Crippen LogP) is 5.17. The Morgan fingerprint density at radius 3 is 2.52 bits per heavy atom. The van der Waals surface area contributed by atoms with Crippen LogP contribution in [0.2, 0.25) is 0 Å². The van der Waals surface area contributed by atoms with Crippen LogP contribution in [0.1, 0.15) is 12.5 Å². The fourth-order valence-corrected chi connectivity index (χ4v) is 3.33. The SMILES string of the molecule is CCn1c2ccccc2c2cc(C=NNc3ccc([N+](=O)[O-])cc3)ccc21. The molecule has 27 heavy (non-hydrogen) atoms. The van der Waals surface area contributed by atoms with Crippen LogP contribution in [-0.4, -0.2) is 15.7 Å². The van der Waals surface area contributed by atoms with Gasteiger partial charge in [-0.1, -0.05) is 24.3 Å². The first kappa shape index (κ1) is 16.8. The van der Waals surface area contributed by atoms with E-state index in [1.54, 1.807) is 18.3 Å². The number of aryl methyl sites for hydroxylation is 1. The molecular weight excluding hydrogens is 340 g/mol. The van der Waals surface area contributed by atoms with Gasteiger partial charge in [0, 0.05) is 40.5 Å². The Labute approximate surface area is 155 Å². The highest BCUT2D eigenvalue weighted by Crippen LogP contribution is 2.29. The second-order valence-electron chi connectivity index (χ2n) is 6.21. The van der Waals surface area contributed by atoms with Crippen molar-refractivity contribution in [2.45, 2.75) is 13.5 Å². The lowest BCUT2D eigenvalue weighted by atomic mass is 10.1. The van der Waals surface area contributed by atoms with E-state index in [0.717, 1.165) is 12.1 Å². The number of non-ortho nitro benzene ring substituents is 1. The smallest absolute Gasteiger partial charge is 0.269 e. The van der Waals surface area contributed by atoms with Crippen LogP contribution in [0.5, 0.6) is 0 Å². The monoisotopic (exact) mass is 358 g/mol. The molecular formula is C21H18N4O2. The van der Waals surface area contributed by atoms with Crippen LogP contribution in [0.3, 0.4) is 0 Å². The summed E-state index contributed by atoms with van der Waals surface area (Å²) >= 11 is 0. The van der Waals surface area contributed by atoms with Crippen molar-refractivity contribution < 1.29 is 4.92 Å². The second kappa shape index (κ2) is 6.92. The van der Waals surface area contributed by atoms with E-state index in [1.807, 2.05) is 6.07 Å². The maximum Gasteiger partial charge on any atom is 0.269 e. The highest BCUT2D eigenvalue weighted by molar-refractivity contribution is 6.09. The number of nitro groups is 1. The molecule has 1 heterocycles. The topological polar surface area (TPSA) is 72.5 Å². The molecule has 0 saturated heterocycles. The standard InChI is InChI=1S/C21H18N4O2/c1-2-24-20-6-4-3-5-18(20)19-13-15(7-12-21(19)24)14-22-23-16-8-10-17(11-9-16)25(26)27/h3-14,23H,2H2,1H3. The van der Waals surface area contributed by atoms with Gasteiger partial charge in [-0.25, -0.2) is 0 Å². The van der Waals surface area contributed by atoms with Crippen molar-refractivity contribution in [2.75, 3.05) is 5.43 Å². The molecule has 4 aromatic rings. The van der Waals surface area contributed by atoms with E-state index in [4.69, 9.17) is 0 Å². The van der Waals surface area contributed by atoms with Gasteiger partial charge in [0.2, 0.25) is 0 Å². The van der Waals surface area contributed by atoms with Gasteiger partial charge in [0.1, 0.15) is 0 Å². The molecule has 1 aromatic heterocycles. The zero-order chi connectivity index (χ0) is 18.8. The minimum atomic E-state index is -0.422. The van der Waals surface area contributed by atoms with Crippen molar-refractivity contribution in [3.63, 3.8) is 0 Å². The molecule has 134 valence electrons. The molecule has 0 aliphatic rings. The molecule has 0 amide bonds. The van der Waals surface area contributed by atoms with Crippen molar-refractivity contribution in [1.82, 2.24) is 4.57 Å². The first-order valence-corrected chi connectivity index (χ1v) is 8.72. The van der Waals surface area contributed by atoms with Crippen LogP contribution in [0, 0.1) is 10.1 Å². The third-order valence-corrected chi connectivity index (χ3v) is 4.60. The summed E-state index contributed by atoms with van der Waals surface area (Å²) in [6.07, 6.45) is 1.75. The molecule has 3 aromatic carbocycles. The van der Waals surface area contributed by atoms with Crippen molar-refractivity contribution in [3.05, 3.63) is 82.4 Å². The number of nitrogens with zero attached hydrogens (tertiary/aromatic N) is 3. The van der Waals surface area contributed by atoms with E-state index >= 15 is 0 Å². The molecule has 4 rings (SSSR count). The number of fused-ring (bicyclic) bond motifs is 3. The van der Waals surface area contributed by atoms with Gasteiger partial charge in [-0.3, -0.25) is 15.5 Å². The van der Waals surface area contributed by atoms with E-state index in [1.165, 1.54) is 33.9 Å². The summed E-state index contributed by atoms with van der Waals surface area (Å²) < 4.78 is 2.31. The summed E-state index contributed by atoms with van der Waals surface area (Å²) in [6.45, 7) is 3.06. The van der Waals surface area contributed by atoms with E-state index in [9.17, 15) is 10.1 Å². The number of hydrazone groups is 1. The summed E-state index contributed by atoms with van der Waals surface area (Å²) in [7, 11) is 0. The first-order valence-electron chi connectivity index (χ1n) is 8.72. The van der Waals surface area contributed by atoms with Crippen LogP contribution < -0.4 is 5.43 Å². The van der Waals surface area contributed by atoms with Gasteiger partial charge in [0.25, 0.3) is 5.69 Å². The number of para-hydroxylation sites is 1.